The highest BCUT2D eigenvalue weighted by Crippen LogP contribution is 2.17. The van der Waals surface area contributed by atoms with Crippen molar-refractivity contribution < 1.29 is 14.3 Å². The number of anilines is 1. The fourth-order valence-corrected chi connectivity index (χ4v) is 2.08. The van der Waals surface area contributed by atoms with Gasteiger partial charge in [0.05, 0.1) is 6.61 Å². The SMILES string of the molecule is CCOC(=O)/C(C(=O)Nc1ccccc1)=C1\CCCN1. The maximum atomic E-state index is 12.3. The number of hydrogen-bond donors (Lipinski definition) is 2. The minimum atomic E-state index is -0.578. The van der Waals surface area contributed by atoms with E-state index < -0.39 is 11.9 Å². The molecule has 1 amide bonds. The third kappa shape index (κ3) is 3.38. The van der Waals surface area contributed by atoms with Crippen LogP contribution in [0.2, 0.25) is 0 Å². The van der Waals surface area contributed by atoms with Crippen LogP contribution in [0.5, 0.6) is 0 Å². The van der Waals surface area contributed by atoms with E-state index in [9.17, 15) is 9.59 Å². The lowest BCUT2D eigenvalue weighted by Gasteiger charge is -2.11. The van der Waals surface area contributed by atoms with Gasteiger partial charge in [-0.25, -0.2) is 4.79 Å². The molecule has 0 atom stereocenters. The van der Waals surface area contributed by atoms with Crippen molar-refractivity contribution in [1.82, 2.24) is 5.32 Å². The zero-order valence-electron chi connectivity index (χ0n) is 11.4. The van der Waals surface area contributed by atoms with E-state index in [1.807, 2.05) is 18.2 Å². The second kappa shape index (κ2) is 6.75. The summed E-state index contributed by atoms with van der Waals surface area (Å²) in [5.41, 5.74) is 1.39. The van der Waals surface area contributed by atoms with Gasteiger partial charge in [0.2, 0.25) is 0 Å². The van der Waals surface area contributed by atoms with Crippen molar-refractivity contribution in [3.63, 3.8) is 0 Å². The van der Waals surface area contributed by atoms with Crippen LogP contribution in [-0.2, 0) is 14.3 Å². The van der Waals surface area contributed by atoms with Gasteiger partial charge in [-0.3, -0.25) is 4.79 Å². The molecule has 1 aliphatic rings. The lowest BCUT2D eigenvalue weighted by molar-refractivity contribution is -0.139. The second-order valence-electron chi connectivity index (χ2n) is 4.42. The van der Waals surface area contributed by atoms with Gasteiger partial charge in [-0.2, -0.15) is 0 Å². The average molecular weight is 274 g/mol. The second-order valence-corrected chi connectivity index (χ2v) is 4.42. The van der Waals surface area contributed by atoms with Crippen LogP contribution in [0.15, 0.2) is 41.6 Å². The molecule has 20 heavy (non-hydrogen) atoms. The summed E-state index contributed by atoms with van der Waals surface area (Å²) in [5.74, 6) is -1.01. The van der Waals surface area contributed by atoms with Crippen molar-refractivity contribution in [3.8, 4) is 0 Å². The van der Waals surface area contributed by atoms with Gasteiger partial charge in [0.25, 0.3) is 5.91 Å². The minimum absolute atomic E-state index is 0.0770. The standard InChI is InChI=1S/C15H18N2O3/c1-2-20-15(19)13(12-9-6-10-16-12)14(18)17-11-7-4-3-5-8-11/h3-5,7-8,16H,2,6,9-10H2,1H3,(H,17,18)/b13-12+. The van der Waals surface area contributed by atoms with Crippen LogP contribution in [0, 0.1) is 0 Å². The van der Waals surface area contributed by atoms with Gasteiger partial charge in [-0.15, -0.1) is 0 Å². The molecule has 1 aromatic carbocycles. The van der Waals surface area contributed by atoms with Gasteiger partial charge in [0.1, 0.15) is 5.57 Å². The molecule has 0 aliphatic carbocycles. The number of ether oxygens (including phenoxy) is 1. The molecule has 1 aromatic rings. The molecule has 5 heteroatoms. The molecule has 2 rings (SSSR count). The van der Waals surface area contributed by atoms with E-state index >= 15 is 0 Å². The highest BCUT2D eigenvalue weighted by Gasteiger charge is 2.26. The molecule has 0 saturated carbocycles. The van der Waals surface area contributed by atoms with Crippen LogP contribution < -0.4 is 10.6 Å². The van der Waals surface area contributed by atoms with Gasteiger partial charge in [0.15, 0.2) is 0 Å². The number of benzene rings is 1. The van der Waals surface area contributed by atoms with E-state index in [1.165, 1.54) is 0 Å². The number of hydrogen-bond acceptors (Lipinski definition) is 4. The topological polar surface area (TPSA) is 67.4 Å². The van der Waals surface area contributed by atoms with Crippen LogP contribution in [0.25, 0.3) is 0 Å². The van der Waals surface area contributed by atoms with Crippen LogP contribution in [-0.4, -0.2) is 25.0 Å². The van der Waals surface area contributed by atoms with E-state index in [0.717, 1.165) is 13.0 Å². The Balaban J connectivity index is 2.20. The van der Waals surface area contributed by atoms with E-state index in [0.29, 0.717) is 17.8 Å². The molecule has 5 nitrogen and oxygen atoms in total. The van der Waals surface area contributed by atoms with Gasteiger partial charge >= 0.3 is 5.97 Å². The van der Waals surface area contributed by atoms with Crippen molar-refractivity contribution in [1.29, 1.82) is 0 Å². The Labute approximate surface area is 118 Å². The summed E-state index contributed by atoms with van der Waals surface area (Å²) in [4.78, 5) is 24.3. The Kier molecular flexibility index (Phi) is 4.76. The minimum Gasteiger partial charge on any atom is -0.462 e. The quantitative estimate of drug-likeness (QED) is 0.380. The maximum absolute atomic E-state index is 12.3. The van der Waals surface area contributed by atoms with E-state index in [4.69, 9.17) is 4.74 Å². The first-order chi connectivity index (χ1) is 9.72. The fraction of sp³-hybridized carbons (Fsp3) is 0.333. The zero-order valence-corrected chi connectivity index (χ0v) is 11.4. The third-order valence-corrected chi connectivity index (χ3v) is 2.98. The number of para-hydroxylation sites is 1. The number of nitrogens with one attached hydrogen (secondary N) is 2. The van der Waals surface area contributed by atoms with Crippen LogP contribution in [0.3, 0.4) is 0 Å². The molecule has 0 spiro atoms. The van der Waals surface area contributed by atoms with Crippen molar-refractivity contribution in [3.05, 3.63) is 41.6 Å². The normalized spacial score (nSPS) is 16.2. The van der Waals surface area contributed by atoms with Crippen LogP contribution in [0.1, 0.15) is 19.8 Å². The molecular weight excluding hydrogens is 256 g/mol. The summed E-state index contributed by atoms with van der Waals surface area (Å²) in [6.45, 7) is 2.74. The first-order valence-electron chi connectivity index (χ1n) is 6.73. The van der Waals surface area contributed by atoms with Crippen molar-refractivity contribution in [2.75, 3.05) is 18.5 Å². The third-order valence-electron chi connectivity index (χ3n) is 2.98. The highest BCUT2D eigenvalue weighted by atomic mass is 16.5. The van der Waals surface area contributed by atoms with Gasteiger partial charge in [-0.05, 0) is 31.9 Å². The molecule has 1 heterocycles. The maximum Gasteiger partial charge on any atom is 0.345 e. The molecule has 1 fully saturated rings. The summed E-state index contributed by atoms with van der Waals surface area (Å²) in [6.07, 6.45) is 1.60. The zero-order chi connectivity index (χ0) is 14.4. The molecular formula is C15H18N2O3. The smallest absolute Gasteiger partial charge is 0.345 e. The van der Waals surface area contributed by atoms with Crippen LogP contribution in [0.4, 0.5) is 5.69 Å². The molecule has 1 saturated heterocycles. The van der Waals surface area contributed by atoms with Gasteiger partial charge in [-0.1, -0.05) is 18.2 Å². The predicted octanol–water partition coefficient (Wildman–Crippen LogP) is 1.83. The lowest BCUT2D eigenvalue weighted by Crippen LogP contribution is -2.26. The summed E-state index contributed by atoms with van der Waals surface area (Å²) < 4.78 is 4.98. The van der Waals surface area contributed by atoms with Crippen molar-refractivity contribution in [2.24, 2.45) is 0 Å². The van der Waals surface area contributed by atoms with Gasteiger partial charge in [0, 0.05) is 17.9 Å². The number of allylic oxidation sites excluding steroid dienone is 1. The Morgan fingerprint density at radius 3 is 2.65 bits per heavy atom. The summed E-state index contributed by atoms with van der Waals surface area (Å²) in [6, 6.07) is 9.04. The Morgan fingerprint density at radius 1 is 1.30 bits per heavy atom. The van der Waals surface area contributed by atoms with Crippen LogP contribution >= 0.6 is 0 Å². The van der Waals surface area contributed by atoms with E-state index in [2.05, 4.69) is 10.6 Å². The van der Waals surface area contributed by atoms with Crippen molar-refractivity contribution >= 4 is 17.6 Å². The number of rotatable bonds is 4. The Morgan fingerprint density at radius 2 is 2.05 bits per heavy atom. The molecule has 0 unspecified atom stereocenters. The first kappa shape index (κ1) is 14.1. The summed E-state index contributed by atoms with van der Waals surface area (Å²) in [7, 11) is 0. The number of amides is 1. The van der Waals surface area contributed by atoms with E-state index in [-0.39, 0.29) is 12.2 Å². The molecule has 0 bridgehead atoms. The Bertz CT molecular complexity index is 515. The number of esters is 1. The monoisotopic (exact) mass is 274 g/mol. The predicted molar refractivity (Wildman–Crippen MR) is 76.0 cm³/mol. The Hall–Kier alpha value is -2.30. The molecule has 0 aromatic heterocycles. The molecule has 1 aliphatic heterocycles. The molecule has 106 valence electrons. The largest absolute Gasteiger partial charge is 0.462 e. The molecule has 2 N–H and O–H groups in total. The summed E-state index contributed by atoms with van der Waals surface area (Å²) in [5, 5.41) is 5.80. The number of carbonyl (C=O) groups excluding carboxylic acids is 2. The summed E-state index contributed by atoms with van der Waals surface area (Å²) >= 11 is 0. The average Bonchev–Trinajstić information content (AvgIpc) is 2.94. The molecule has 0 radical (unpaired) electrons. The van der Waals surface area contributed by atoms with Gasteiger partial charge < -0.3 is 15.4 Å². The lowest BCUT2D eigenvalue weighted by atomic mass is 10.1. The highest BCUT2D eigenvalue weighted by molar-refractivity contribution is 6.21. The van der Waals surface area contributed by atoms with E-state index in [1.54, 1.807) is 19.1 Å². The van der Waals surface area contributed by atoms with Crippen molar-refractivity contribution in [2.45, 2.75) is 19.8 Å². The first-order valence-corrected chi connectivity index (χ1v) is 6.73. The fourth-order valence-electron chi connectivity index (χ4n) is 2.08. The number of carbonyl (C=O) groups is 2.